The zero-order valence-corrected chi connectivity index (χ0v) is 16.7. The Labute approximate surface area is 152 Å². The molecule has 1 atom stereocenters. The van der Waals surface area contributed by atoms with Crippen LogP contribution in [-0.2, 0) is 9.53 Å². The molecule has 0 rings (SSSR count). The van der Waals surface area contributed by atoms with E-state index >= 15 is 0 Å². The third-order valence-corrected chi connectivity index (χ3v) is 3.10. The summed E-state index contributed by atoms with van der Waals surface area (Å²) in [5.41, 5.74) is 0. The Kier molecular flexibility index (Phi) is 18.1. The Balaban J connectivity index is 0. The van der Waals surface area contributed by atoms with E-state index in [1.165, 1.54) is 0 Å². The maximum absolute atomic E-state index is 11.6. The number of nitrogens with one attached hydrogen (secondary N) is 3. The van der Waals surface area contributed by atoms with Gasteiger partial charge in [-0.25, -0.2) is 0 Å². The van der Waals surface area contributed by atoms with Gasteiger partial charge in [0.25, 0.3) is 0 Å². The number of carbonyl (C=O) groups excluding carboxylic acids is 1. The molecule has 0 aliphatic rings. The zero-order valence-electron chi connectivity index (χ0n) is 14.4. The first-order valence-electron chi connectivity index (χ1n) is 7.95. The number of amides is 1. The molecule has 0 aromatic heterocycles. The molecule has 1 amide bonds. The summed E-state index contributed by atoms with van der Waals surface area (Å²) < 4.78 is 5.28. The van der Waals surface area contributed by atoms with Gasteiger partial charge >= 0.3 is 0 Å². The lowest BCUT2D eigenvalue weighted by Crippen LogP contribution is -2.40. The third kappa shape index (κ3) is 14.4. The average molecular weight is 428 g/mol. The quantitative estimate of drug-likeness (QED) is 0.203. The SMILES string of the molecule is CCOCCCCNC(=NC)NCCC(=O)NC(C)CC.I. The molecule has 0 aromatic carbocycles. The third-order valence-electron chi connectivity index (χ3n) is 3.10. The van der Waals surface area contributed by atoms with Crippen LogP contribution in [0.4, 0.5) is 0 Å². The average Bonchev–Trinajstić information content (AvgIpc) is 2.48. The van der Waals surface area contributed by atoms with Gasteiger partial charge in [-0.1, -0.05) is 6.92 Å². The first-order valence-corrected chi connectivity index (χ1v) is 7.95. The number of carbonyl (C=O) groups is 1. The number of nitrogens with zero attached hydrogens (tertiary/aromatic N) is 1. The lowest BCUT2D eigenvalue weighted by atomic mass is 10.2. The molecule has 0 aromatic rings. The van der Waals surface area contributed by atoms with Crippen molar-refractivity contribution in [3.8, 4) is 0 Å². The number of hydrogen-bond donors (Lipinski definition) is 3. The van der Waals surface area contributed by atoms with Gasteiger partial charge in [-0.05, 0) is 33.1 Å². The highest BCUT2D eigenvalue weighted by Crippen LogP contribution is 1.90. The number of rotatable bonds is 11. The van der Waals surface area contributed by atoms with Gasteiger partial charge in [0.05, 0.1) is 0 Å². The van der Waals surface area contributed by atoms with Crippen LogP contribution in [0.5, 0.6) is 0 Å². The molecule has 0 radical (unpaired) electrons. The predicted molar refractivity (Wildman–Crippen MR) is 103 cm³/mol. The summed E-state index contributed by atoms with van der Waals surface area (Å²) in [5, 5.41) is 9.30. The number of hydrogen-bond acceptors (Lipinski definition) is 3. The summed E-state index contributed by atoms with van der Waals surface area (Å²) >= 11 is 0. The van der Waals surface area contributed by atoms with Crippen molar-refractivity contribution in [2.75, 3.05) is 33.4 Å². The van der Waals surface area contributed by atoms with Crippen LogP contribution in [0.3, 0.4) is 0 Å². The second-order valence-corrected chi connectivity index (χ2v) is 4.96. The Morgan fingerprint density at radius 1 is 1.18 bits per heavy atom. The molecular formula is C15H33IN4O2. The minimum Gasteiger partial charge on any atom is -0.382 e. The number of halogens is 1. The fourth-order valence-electron chi connectivity index (χ4n) is 1.64. The predicted octanol–water partition coefficient (Wildman–Crippen LogP) is 1.89. The normalized spacial score (nSPS) is 12.3. The van der Waals surface area contributed by atoms with Crippen LogP contribution in [0.25, 0.3) is 0 Å². The molecule has 0 spiro atoms. The number of ether oxygens (including phenoxy) is 1. The highest BCUT2D eigenvalue weighted by atomic mass is 127. The summed E-state index contributed by atoms with van der Waals surface area (Å²) in [6, 6.07) is 0.236. The van der Waals surface area contributed by atoms with E-state index in [4.69, 9.17) is 4.74 Å². The van der Waals surface area contributed by atoms with E-state index in [9.17, 15) is 4.79 Å². The van der Waals surface area contributed by atoms with E-state index in [-0.39, 0.29) is 35.9 Å². The molecule has 0 saturated heterocycles. The van der Waals surface area contributed by atoms with Crippen molar-refractivity contribution in [1.82, 2.24) is 16.0 Å². The molecule has 0 aliphatic heterocycles. The molecule has 3 N–H and O–H groups in total. The van der Waals surface area contributed by atoms with Gasteiger partial charge in [0.2, 0.25) is 5.91 Å². The fraction of sp³-hybridized carbons (Fsp3) is 0.867. The molecule has 0 aliphatic carbocycles. The van der Waals surface area contributed by atoms with E-state index in [1.54, 1.807) is 7.05 Å². The number of unbranched alkanes of at least 4 members (excludes halogenated alkanes) is 1. The topological polar surface area (TPSA) is 74.8 Å². The molecule has 0 fully saturated rings. The minimum atomic E-state index is 0. The molecule has 6 nitrogen and oxygen atoms in total. The summed E-state index contributed by atoms with van der Waals surface area (Å²) in [6.45, 7) is 9.08. The molecule has 22 heavy (non-hydrogen) atoms. The van der Waals surface area contributed by atoms with Crippen LogP contribution in [0.2, 0.25) is 0 Å². The first-order chi connectivity index (χ1) is 10.1. The molecule has 7 heteroatoms. The van der Waals surface area contributed by atoms with Gasteiger partial charge < -0.3 is 20.7 Å². The van der Waals surface area contributed by atoms with Gasteiger partial charge in [0.15, 0.2) is 5.96 Å². The van der Waals surface area contributed by atoms with Crippen molar-refractivity contribution in [3.05, 3.63) is 0 Å². The van der Waals surface area contributed by atoms with Gasteiger partial charge in [0, 0.05) is 45.8 Å². The summed E-state index contributed by atoms with van der Waals surface area (Å²) in [4.78, 5) is 15.7. The molecule has 0 saturated carbocycles. The van der Waals surface area contributed by atoms with Crippen molar-refractivity contribution in [2.45, 2.75) is 52.5 Å². The summed E-state index contributed by atoms with van der Waals surface area (Å²) in [7, 11) is 1.73. The smallest absolute Gasteiger partial charge is 0.221 e. The van der Waals surface area contributed by atoms with Crippen LogP contribution in [0.15, 0.2) is 4.99 Å². The van der Waals surface area contributed by atoms with Crippen LogP contribution in [0, 0.1) is 0 Å². The Hall–Kier alpha value is -0.570. The zero-order chi connectivity index (χ0) is 15.9. The largest absolute Gasteiger partial charge is 0.382 e. The molecule has 0 heterocycles. The Morgan fingerprint density at radius 3 is 2.45 bits per heavy atom. The Bertz CT molecular complexity index is 301. The standard InChI is InChI=1S/C15H32N4O2.HI/c1-5-13(3)19-14(20)9-11-18-15(16-4)17-10-7-8-12-21-6-2;/h13H,5-12H2,1-4H3,(H,19,20)(H2,16,17,18);1H. The van der Waals surface area contributed by atoms with Crippen molar-refractivity contribution in [1.29, 1.82) is 0 Å². The van der Waals surface area contributed by atoms with E-state index < -0.39 is 0 Å². The van der Waals surface area contributed by atoms with Crippen LogP contribution in [-0.4, -0.2) is 51.3 Å². The van der Waals surface area contributed by atoms with Gasteiger partial charge in [-0.2, -0.15) is 0 Å². The van der Waals surface area contributed by atoms with Crippen molar-refractivity contribution in [2.24, 2.45) is 4.99 Å². The van der Waals surface area contributed by atoms with Gasteiger partial charge in [0.1, 0.15) is 0 Å². The highest BCUT2D eigenvalue weighted by molar-refractivity contribution is 14.0. The van der Waals surface area contributed by atoms with Gasteiger partial charge in [-0.15, -0.1) is 24.0 Å². The van der Waals surface area contributed by atoms with Crippen molar-refractivity contribution < 1.29 is 9.53 Å². The summed E-state index contributed by atoms with van der Waals surface area (Å²) in [5.74, 6) is 0.812. The first kappa shape index (κ1) is 23.7. The van der Waals surface area contributed by atoms with Crippen molar-refractivity contribution in [3.63, 3.8) is 0 Å². The van der Waals surface area contributed by atoms with E-state index in [0.717, 1.165) is 45.0 Å². The monoisotopic (exact) mass is 428 g/mol. The fourth-order valence-corrected chi connectivity index (χ4v) is 1.64. The molecule has 0 bridgehead atoms. The lowest BCUT2D eigenvalue weighted by Gasteiger charge is -2.13. The molecular weight excluding hydrogens is 395 g/mol. The second kappa shape index (κ2) is 16.8. The van der Waals surface area contributed by atoms with Crippen LogP contribution < -0.4 is 16.0 Å². The van der Waals surface area contributed by atoms with Crippen molar-refractivity contribution >= 4 is 35.8 Å². The molecule has 132 valence electrons. The number of aliphatic imine (C=N–C) groups is 1. The van der Waals surface area contributed by atoms with E-state index in [0.29, 0.717) is 13.0 Å². The maximum atomic E-state index is 11.6. The lowest BCUT2D eigenvalue weighted by molar-refractivity contribution is -0.121. The highest BCUT2D eigenvalue weighted by Gasteiger charge is 2.05. The van der Waals surface area contributed by atoms with Gasteiger partial charge in [-0.3, -0.25) is 9.79 Å². The van der Waals surface area contributed by atoms with Crippen LogP contribution in [0.1, 0.15) is 46.5 Å². The van der Waals surface area contributed by atoms with E-state index in [1.807, 2.05) is 13.8 Å². The van der Waals surface area contributed by atoms with Crippen LogP contribution >= 0.6 is 24.0 Å². The number of guanidine groups is 1. The Morgan fingerprint density at radius 2 is 1.86 bits per heavy atom. The maximum Gasteiger partial charge on any atom is 0.221 e. The minimum absolute atomic E-state index is 0. The second-order valence-electron chi connectivity index (χ2n) is 4.96. The summed E-state index contributed by atoms with van der Waals surface area (Å²) in [6.07, 6.45) is 3.48. The molecule has 1 unspecified atom stereocenters. The van der Waals surface area contributed by atoms with E-state index in [2.05, 4.69) is 27.9 Å².